The number of fused-ring (bicyclic) bond motifs is 6. The van der Waals surface area contributed by atoms with Gasteiger partial charge in [0.25, 0.3) is 0 Å². The molecule has 52 heavy (non-hydrogen) atoms. The predicted octanol–water partition coefficient (Wildman–Crippen LogP) is 12.9. The van der Waals surface area contributed by atoms with Crippen molar-refractivity contribution in [2.75, 3.05) is 0 Å². The summed E-state index contributed by atoms with van der Waals surface area (Å²) in [4.78, 5) is 16.0. The highest BCUT2D eigenvalue weighted by Crippen LogP contribution is 2.53. The number of benzene rings is 7. The lowest BCUT2D eigenvalue weighted by Crippen LogP contribution is -2.16. The van der Waals surface area contributed by atoms with Crippen LogP contribution in [0.3, 0.4) is 0 Å². The van der Waals surface area contributed by atoms with E-state index in [-0.39, 0.29) is 5.41 Å². The molecule has 7 aromatic carbocycles. The molecule has 0 atom stereocenters. The summed E-state index contributed by atoms with van der Waals surface area (Å²) in [5, 5.41) is 2.47. The van der Waals surface area contributed by atoms with Crippen molar-refractivity contribution >= 4 is 31.5 Å². The number of hydrogen-bond donors (Lipinski definition) is 0. The first-order valence-electron chi connectivity index (χ1n) is 17.7. The molecule has 0 amide bonds. The number of nitrogens with zero attached hydrogens (tertiary/aromatic N) is 3. The van der Waals surface area contributed by atoms with E-state index >= 15 is 0 Å². The quantitative estimate of drug-likeness (QED) is 0.181. The maximum Gasteiger partial charge on any atom is 0.165 e. The molecular formula is C48H33N3S. The van der Waals surface area contributed by atoms with E-state index in [1.54, 1.807) is 11.3 Å². The van der Waals surface area contributed by atoms with E-state index in [9.17, 15) is 0 Å². The molecule has 0 saturated carbocycles. The third kappa shape index (κ3) is 4.75. The van der Waals surface area contributed by atoms with E-state index in [2.05, 4.69) is 172 Å². The maximum atomic E-state index is 5.36. The molecule has 0 saturated heterocycles. The van der Waals surface area contributed by atoms with Gasteiger partial charge in [-0.05, 0) is 56.6 Å². The monoisotopic (exact) mass is 683 g/mol. The Balaban J connectivity index is 1.24. The summed E-state index contributed by atoms with van der Waals surface area (Å²) in [6, 6.07) is 58.1. The molecule has 0 aliphatic heterocycles. The van der Waals surface area contributed by atoms with E-state index in [0.29, 0.717) is 17.5 Å². The summed E-state index contributed by atoms with van der Waals surface area (Å²) in [6.07, 6.45) is 0. The second kappa shape index (κ2) is 11.9. The van der Waals surface area contributed by atoms with Crippen LogP contribution < -0.4 is 0 Å². The lowest BCUT2D eigenvalue weighted by atomic mass is 9.78. The minimum atomic E-state index is -0.170. The van der Waals surface area contributed by atoms with Gasteiger partial charge in [-0.15, -0.1) is 11.3 Å². The SMILES string of the molecule is CC1(C)c2ccccc2-c2cccc(-c3ccccc3-c3nc(-c4ccccc4-c4ccccc4)nc(-c4cccc5c4sc4ccccc45)n3)c21. The highest BCUT2D eigenvalue weighted by atomic mass is 32.1. The number of aromatic nitrogens is 3. The van der Waals surface area contributed by atoms with Gasteiger partial charge >= 0.3 is 0 Å². The molecule has 0 unspecified atom stereocenters. The highest BCUT2D eigenvalue weighted by Gasteiger charge is 2.37. The van der Waals surface area contributed by atoms with Gasteiger partial charge in [-0.25, -0.2) is 15.0 Å². The Bertz CT molecular complexity index is 2830. The molecule has 0 radical (unpaired) electrons. The van der Waals surface area contributed by atoms with Crippen molar-refractivity contribution in [2.45, 2.75) is 19.3 Å². The first-order chi connectivity index (χ1) is 25.6. The molecule has 246 valence electrons. The molecule has 1 aliphatic rings. The van der Waals surface area contributed by atoms with Crippen molar-refractivity contribution in [1.82, 2.24) is 15.0 Å². The van der Waals surface area contributed by atoms with Gasteiger partial charge < -0.3 is 0 Å². The molecule has 0 bridgehead atoms. The first-order valence-corrected chi connectivity index (χ1v) is 18.5. The van der Waals surface area contributed by atoms with Crippen LogP contribution >= 0.6 is 11.3 Å². The molecule has 0 fully saturated rings. The molecular weight excluding hydrogens is 651 g/mol. The van der Waals surface area contributed by atoms with Crippen LogP contribution in [0.15, 0.2) is 164 Å². The normalized spacial score (nSPS) is 13.0. The fourth-order valence-corrected chi connectivity index (χ4v) is 9.40. The Morgan fingerprint density at radius 1 is 0.385 bits per heavy atom. The van der Waals surface area contributed by atoms with Gasteiger partial charge in [0.15, 0.2) is 17.5 Å². The van der Waals surface area contributed by atoms with Crippen LogP contribution in [0.1, 0.15) is 25.0 Å². The van der Waals surface area contributed by atoms with Gasteiger partial charge in [0.1, 0.15) is 0 Å². The lowest BCUT2D eigenvalue weighted by molar-refractivity contribution is 0.662. The molecule has 1 aliphatic carbocycles. The zero-order valence-electron chi connectivity index (χ0n) is 28.8. The van der Waals surface area contributed by atoms with Gasteiger partial charge in [0.2, 0.25) is 0 Å². The third-order valence-corrected chi connectivity index (χ3v) is 11.8. The van der Waals surface area contributed by atoms with Gasteiger partial charge in [0, 0.05) is 42.3 Å². The van der Waals surface area contributed by atoms with Crippen molar-refractivity contribution in [3.8, 4) is 67.5 Å². The maximum absolute atomic E-state index is 5.36. The van der Waals surface area contributed by atoms with Crippen molar-refractivity contribution in [2.24, 2.45) is 0 Å². The summed E-state index contributed by atoms with van der Waals surface area (Å²) in [5.74, 6) is 1.97. The van der Waals surface area contributed by atoms with Crippen LogP contribution in [0.25, 0.3) is 87.7 Å². The smallest absolute Gasteiger partial charge is 0.165 e. The topological polar surface area (TPSA) is 38.7 Å². The molecule has 3 nitrogen and oxygen atoms in total. The van der Waals surface area contributed by atoms with Crippen molar-refractivity contribution in [3.63, 3.8) is 0 Å². The van der Waals surface area contributed by atoms with Gasteiger partial charge in [-0.3, -0.25) is 0 Å². The molecule has 0 spiro atoms. The standard InChI is InChI=1S/C48H33N3S/c1-48(2)41-28-12-10-20-33(41)36-25-14-24-35(43(36)48)32-19-7-9-23-39(32)46-49-45(38-22-8-6-18-31(38)30-16-4-3-5-17-30)50-47(51-46)40-27-15-26-37-34-21-11-13-29-42(34)52-44(37)40/h3-29H,1-2H3. The Morgan fingerprint density at radius 3 is 1.62 bits per heavy atom. The van der Waals surface area contributed by atoms with Gasteiger partial charge in [-0.2, -0.15) is 0 Å². The number of hydrogen-bond acceptors (Lipinski definition) is 4. The van der Waals surface area contributed by atoms with Crippen LogP contribution in [0, 0.1) is 0 Å². The fourth-order valence-electron chi connectivity index (χ4n) is 8.19. The van der Waals surface area contributed by atoms with Crippen molar-refractivity contribution < 1.29 is 0 Å². The van der Waals surface area contributed by atoms with E-state index in [4.69, 9.17) is 15.0 Å². The van der Waals surface area contributed by atoms with Crippen LogP contribution in [-0.2, 0) is 5.41 Å². The average molecular weight is 684 g/mol. The zero-order valence-corrected chi connectivity index (χ0v) is 29.7. The van der Waals surface area contributed by atoms with Gasteiger partial charge in [0.05, 0.1) is 0 Å². The van der Waals surface area contributed by atoms with Gasteiger partial charge in [-0.1, -0.05) is 166 Å². The first kappa shape index (κ1) is 30.6. The second-order valence-corrected chi connectivity index (χ2v) is 15.0. The summed E-state index contributed by atoms with van der Waals surface area (Å²) in [6.45, 7) is 4.68. The molecule has 10 rings (SSSR count). The number of rotatable bonds is 5. The Kier molecular flexibility index (Phi) is 7.02. The van der Waals surface area contributed by atoms with Crippen LogP contribution in [0.5, 0.6) is 0 Å². The Hall–Kier alpha value is -6.23. The largest absolute Gasteiger partial charge is 0.208 e. The third-order valence-electron chi connectivity index (χ3n) is 10.6. The molecule has 9 aromatic rings. The van der Waals surface area contributed by atoms with E-state index < -0.39 is 0 Å². The summed E-state index contributed by atoms with van der Waals surface area (Å²) < 4.78 is 2.43. The minimum Gasteiger partial charge on any atom is -0.208 e. The molecule has 2 heterocycles. The second-order valence-electron chi connectivity index (χ2n) is 13.9. The summed E-state index contributed by atoms with van der Waals surface area (Å²) in [7, 11) is 0. The van der Waals surface area contributed by atoms with E-state index in [1.807, 2.05) is 6.07 Å². The van der Waals surface area contributed by atoms with E-state index in [1.165, 1.54) is 48.0 Å². The molecule has 4 heteroatoms. The Labute approximate surface area is 307 Å². The molecule has 2 aromatic heterocycles. The lowest BCUT2D eigenvalue weighted by Gasteiger charge is -2.25. The fraction of sp³-hybridized carbons (Fsp3) is 0.0625. The predicted molar refractivity (Wildman–Crippen MR) is 217 cm³/mol. The average Bonchev–Trinajstić information content (AvgIpc) is 3.70. The van der Waals surface area contributed by atoms with Crippen LogP contribution in [-0.4, -0.2) is 15.0 Å². The molecule has 0 N–H and O–H groups in total. The number of thiophene rings is 1. The van der Waals surface area contributed by atoms with E-state index in [0.717, 1.165) is 33.4 Å². The highest BCUT2D eigenvalue weighted by molar-refractivity contribution is 7.26. The van der Waals surface area contributed by atoms with Crippen LogP contribution in [0.4, 0.5) is 0 Å². The van der Waals surface area contributed by atoms with Crippen molar-refractivity contribution in [3.05, 3.63) is 175 Å². The van der Waals surface area contributed by atoms with Crippen molar-refractivity contribution in [1.29, 1.82) is 0 Å². The van der Waals surface area contributed by atoms with Crippen LogP contribution in [0.2, 0.25) is 0 Å². The summed E-state index contributed by atoms with van der Waals surface area (Å²) in [5.41, 5.74) is 12.6. The summed E-state index contributed by atoms with van der Waals surface area (Å²) >= 11 is 1.79. The Morgan fingerprint density at radius 2 is 0.865 bits per heavy atom. The minimum absolute atomic E-state index is 0.170. The zero-order chi connectivity index (χ0) is 34.8.